The van der Waals surface area contributed by atoms with Gasteiger partial charge in [-0.05, 0) is 44.1 Å². The number of hydrogen-bond acceptors (Lipinski definition) is 3. The van der Waals surface area contributed by atoms with Crippen LogP contribution in [0.5, 0.6) is 0 Å². The van der Waals surface area contributed by atoms with Crippen molar-refractivity contribution in [3.63, 3.8) is 0 Å². The predicted octanol–water partition coefficient (Wildman–Crippen LogP) is 2.76. The van der Waals surface area contributed by atoms with Crippen molar-refractivity contribution in [1.29, 1.82) is 0 Å². The van der Waals surface area contributed by atoms with Crippen molar-refractivity contribution in [2.75, 3.05) is 40.4 Å². The van der Waals surface area contributed by atoms with E-state index in [1.54, 1.807) is 7.11 Å². The van der Waals surface area contributed by atoms with Gasteiger partial charge in [-0.25, -0.2) is 0 Å². The molecule has 1 fully saturated rings. The Morgan fingerprint density at radius 3 is 2.26 bits per heavy atom. The van der Waals surface area contributed by atoms with Gasteiger partial charge in [-0.1, -0.05) is 20.8 Å². The number of likely N-dealkylation sites (N-methyl/N-ethyl adjacent to an activating group) is 1. The van der Waals surface area contributed by atoms with Gasteiger partial charge in [-0.3, -0.25) is 0 Å². The van der Waals surface area contributed by atoms with Crippen LogP contribution in [-0.4, -0.2) is 51.3 Å². The van der Waals surface area contributed by atoms with Crippen molar-refractivity contribution >= 4 is 0 Å². The summed E-state index contributed by atoms with van der Waals surface area (Å²) < 4.78 is 5.09. The van der Waals surface area contributed by atoms with Crippen LogP contribution in [0.2, 0.25) is 0 Å². The highest BCUT2D eigenvalue weighted by atomic mass is 16.5. The lowest BCUT2D eigenvalue weighted by atomic mass is 9.71. The van der Waals surface area contributed by atoms with Gasteiger partial charge in [-0.15, -0.1) is 0 Å². The SMILES string of the molecule is COCCN(C)CCNC1CCC(C(C)(C)C)CC1. The largest absolute Gasteiger partial charge is 0.383 e. The third-order valence-corrected chi connectivity index (χ3v) is 4.56. The smallest absolute Gasteiger partial charge is 0.0589 e. The Morgan fingerprint density at radius 1 is 1.11 bits per heavy atom. The molecule has 19 heavy (non-hydrogen) atoms. The molecule has 0 aromatic rings. The Morgan fingerprint density at radius 2 is 1.74 bits per heavy atom. The van der Waals surface area contributed by atoms with E-state index in [2.05, 4.69) is 38.0 Å². The Hall–Kier alpha value is -0.120. The molecule has 0 aliphatic heterocycles. The lowest BCUT2D eigenvalue weighted by molar-refractivity contribution is 0.151. The Balaban J connectivity index is 2.10. The van der Waals surface area contributed by atoms with Crippen LogP contribution in [0, 0.1) is 11.3 Å². The molecule has 1 aliphatic rings. The van der Waals surface area contributed by atoms with Crippen molar-refractivity contribution in [2.24, 2.45) is 11.3 Å². The van der Waals surface area contributed by atoms with Gasteiger partial charge in [0.25, 0.3) is 0 Å². The summed E-state index contributed by atoms with van der Waals surface area (Å²) in [4.78, 5) is 2.33. The molecular formula is C16H34N2O. The van der Waals surface area contributed by atoms with Crippen molar-refractivity contribution in [3.05, 3.63) is 0 Å². The molecule has 0 aromatic carbocycles. The Bertz CT molecular complexity index is 229. The first-order valence-corrected chi connectivity index (χ1v) is 7.84. The van der Waals surface area contributed by atoms with Crippen molar-refractivity contribution in [3.8, 4) is 0 Å². The molecule has 1 aliphatic carbocycles. The zero-order chi connectivity index (χ0) is 14.3. The van der Waals surface area contributed by atoms with Gasteiger partial charge in [0, 0.05) is 32.8 Å². The van der Waals surface area contributed by atoms with Crippen LogP contribution in [0.1, 0.15) is 46.5 Å². The van der Waals surface area contributed by atoms with Crippen LogP contribution < -0.4 is 5.32 Å². The molecule has 3 nitrogen and oxygen atoms in total. The lowest BCUT2D eigenvalue weighted by Crippen LogP contribution is -2.40. The first-order valence-electron chi connectivity index (χ1n) is 7.84. The van der Waals surface area contributed by atoms with Crippen LogP contribution in [-0.2, 0) is 4.74 Å². The van der Waals surface area contributed by atoms with Gasteiger partial charge in [0.1, 0.15) is 0 Å². The van der Waals surface area contributed by atoms with Gasteiger partial charge >= 0.3 is 0 Å². The van der Waals surface area contributed by atoms with Gasteiger partial charge in [0.15, 0.2) is 0 Å². The van der Waals surface area contributed by atoms with E-state index in [1.807, 2.05) is 0 Å². The number of nitrogens with zero attached hydrogens (tertiary/aromatic N) is 1. The molecule has 1 N–H and O–H groups in total. The normalized spacial score (nSPS) is 24.9. The third-order valence-electron chi connectivity index (χ3n) is 4.56. The predicted molar refractivity (Wildman–Crippen MR) is 82.6 cm³/mol. The molecule has 0 aromatic heterocycles. The highest BCUT2D eigenvalue weighted by molar-refractivity contribution is 4.83. The lowest BCUT2D eigenvalue weighted by Gasteiger charge is -2.37. The summed E-state index contributed by atoms with van der Waals surface area (Å²) in [5, 5.41) is 3.72. The van der Waals surface area contributed by atoms with Gasteiger partial charge in [0.2, 0.25) is 0 Å². The molecule has 0 radical (unpaired) electrons. The summed E-state index contributed by atoms with van der Waals surface area (Å²) in [5.74, 6) is 0.912. The number of ether oxygens (including phenoxy) is 1. The average molecular weight is 270 g/mol. The van der Waals surface area contributed by atoms with Gasteiger partial charge < -0.3 is 15.0 Å². The zero-order valence-electron chi connectivity index (χ0n) is 13.7. The topological polar surface area (TPSA) is 24.5 Å². The van der Waals surface area contributed by atoms with Crippen LogP contribution in [0.25, 0.3) is 0 Å². The molecule has 1 saturated carbocycles. The maximum Gasteiger partial charge on any atom is 0.0589 e. The molecule has 0 amide bonds. The molecule has 0 unspecified atom stereocenters. The van der Waals surface area contributed by atoms with E-state index in [-0.39, 0.29) is 0 Å². The Labute approximate surface area is 120 Å². The monoisotopic (exact) mass is 270 g/mol. The Kier molecular flexibility index (Phi) is 7.33. The van der Waals surface area contributed by atoms with E-state index in [0.717, 1.165) is 38.2 Å². The second-order valence-corrected chi connectivity index (χ2v) is 7.16. The first kappa shape index (κ1) is 16.9. The van der Waals surface area contributed by atoms with E-state index < -0.39 is 0 Å². The number of methoxy groups -OCH3 is 1. The molecule has 1 rings (SSSR count). The molecule has 0 spiro atoms. The number of nitrogens with one attached hydrogen (secondary N) is 1. The maximum atomic E-state index is 5.09. The maximum absolute atomic E-state index is 5.09. The van der Waals surface area contributed by atoms with E-state index in [0.29, 0.717) is 5.41 Å². The summed E-state index contributed by atoms with van der Waals surface area (Å²) in [7, 11) is 3.93. The quantitative estimate of drug-likeness (QED) is 0.770. The highest BCUT2D eigenvalue weighted by Crippen LogP contribution is 2.37. The number of hydrogen-bond donors (Lipinski definition) is 1. The summed E-state index contributed by atoms with van der Waals surface area (Å²) >= 11 is 0. The fraction of sp³-hybridized carbons (Fsp3) is 1.00. The molecule has 3 heteroatoms. The standard InChI is InChI=1S/C16H34N2O/c1-16(2,3)14-6-8-15(9-7-14)17-10-11-18(4)12-13-19-5/h14-15,17H,6-13H2,1-5H3. The minimum atomic E-state index is 0.491. The van der Waals surface area contributed by atoms with Crippen molar-refractivity contribution in [2.45, 2.75) is 52.5 Å². The first-order chi connectivity index (χ1) is 8.93. The van der Waals surface area contributed by atoms with E-state index in [4.69, 9.17) is 4.74 Å². The molecule has 0 bridgehead atoms. The summed E-state index contributed by atoms with van der Waals surface area (Å²) in [6.45, 7) is 11.2. The van der Waals surface area contributed by atoms with E-state index in [1.165, 1.54) is 25.7 Å². The molecule has 0 heterocycles. The third kappa shape index (κ3) is 6.73. The van der Waals surface area contributed by atoms with Crippen LogP contribution >= 0.6 is 0 Å². The van der Waals surface area contributed by atoms with Gasteiger partial charge in [-0.2, -0.15) is 0 Å². The second kappa shape index (κ2) is 8.23. The fourth-order valence-electron chi connectivity index (χ4n) is 2.98. The minimum absolute atomic E-state index is 0.491. The van der Waals surface area contributed by atoms with Gasteiger partial charge in [0.05, 0.1) is 6.61 Å². The van der Waals surface area contributed by atoms with Crippen LogP contribution in [0.15, 0.2) is 0 Å². The fourth-order valence-corrected chi connectivity index (χ4v) is 2.98. The summed E-state index contributed by atoms with van der Waals surface area (Å²) in [6.07, 6.45) is 5.48. The highest BCUT2D eigenvalue weighted by Gasteiger charge is 2.29. The average Bonchev–Trinajstić information content (AvgIpc) is 2.36. The van der Waals surface area contributed by atoms with Crippen LogP contribution in [0.3, 0.4) is 0 Å². The molecule has 0 saturated heterocycles. The summed E-state index contributed by atoms with van der Waals surface area (Å²) in [5.41, 5.74) is 0.491. The van der Waals surface area contributed by atoms with Crippen LogP contribution in [0.4, 0.5) is 0 Å². The molecule has 114 valence electrons. The molecule has 0 atom stereocenters. The van der Waals surface area contributed by atoms with Crippen molar-refractivity contribution < 1.29 is 4.74 Å². The summed E-state index contributed by atoms with van der Waals surface area (Å²) in [6, 6.07) is 0.745. The second-order valence-electron chi connectivity index (χ2n) is 7.16. The van der Waals surface area contributed by atoms with E-state index >= 15 is 0 Å². The molecular weight excluding hydrogens is 236 g/mol. The minimum Gasteiger partial charge on any atom is -0.383 e. The van der Waals surface area contributed by atoms with Crippen molar-refractivity contribution in [1.82, 2.24) is 10.2 Å². The van der Waals surface area contributed by atoms with E-state index in [9.17, 15) is 0 Å². The number of rotatable bonds is 7. The zero-order valence-corrected chi connectivity index (χ0v) is 13.7.